The molecule has 1 heterocycles. The lowest BCUT2D eigenvalue weighted by Crippen LogP contribution is -2.27. The van der Waals surface area contributed by atoms with Crippen LogP contribution in [0.5, 0.6) is 11.5 Å². The summed E-state index contributed by atoms with van der Waals surface area (Å²) in [6.07, 6.45) is 0.143. The second-order valence-electron chi connectivity index (χ2n) is 8.54. The monoisotopic (exact) mass is 429 g/mol. The van der Waals surface area contributed by atoms with Gasteiger partial charge in [-0.25, -0.2) is 0 Å². The molecule has 0 saturated carbocycles. The van der Waals surface area contributed by atoms with Crippen LogP contribution in [0, 0.1) is 5.92 Å². The van der Waals surface area contributed by atoms with E-state index in [9.17, 15) is 9.59 Å². The lowest BCUT2D eigenvalue weighted by molar-refractivity contribution is -0.139. The predicted molar refractivity (Wildman–Crippen MR) is 124 cm³/mol. The number of rotatable bonds is 6. The molecular formula is C27H27NO4. The fourth-order valence-corrected chi connectivity index (χ4v) is 4.04. The number of ether oxygens (including phenoxy) is 2. The molecule has 0 spiro atoms. The van der Waals surface area contributed by atoms with Crippen molar-refractivity contribution in [2.45, 2.75) is 25.7 Å². The summed E-state index contributed by atoms with van der Waals surface area (Å²) in [5.41, 5.74) is 2.93. The van der Waals surface area contributed by atoms with Crippen molar-refractivity contribution in [1.29, 1.82) is 0 Å². The van der Waals surface area contributed by atoms with Crippen LogP contribution in [0.1, 0.15) is 31.4 Å². The SMILES string of the molecule is COc1ccc(N2C[C@@H](C(=O)Oc3ccc(C(C)(C)c4ccccc4)cc3)CC2=O)cc1. The highest BCUT2D eigenvalue weighted by Gasteiger charge is 2.36. The molecule has 1 fully saturated rings. The van der Waals surface area contributed by atoms with E-state index in [0.717, 1.165) is 17.0 Å². The van der Waals surface area contributed by atoms with Crippen molar-refractivity contribution in [1.82, 2.24) is 0 Å². The van der Waals surface area contributed by atoms with E-state index in [1.165, 1.54) is 5.56 Å². The molecule has 164 valence electrons. The molecule has 0 aromatic heterocycles. The van der Waals surface area contributed by atoms with Gasteiger partial charge in [0.1, 0.15) is 11.5 Å². The van der Waals surface area contributed by atoms with Crippen LogP contribution in [0.3, 0.4) is 0 Å². The van der Waals surface area contributed by atoms with E-state index >= 15 is 0 Å². The third-order valence-electron chi connectivity index (χ3n) is 6.13. The number of carbonyl (C=O) groups excluding carboxylic acids is 2. The summed E-state index contributed by atoms with van der Waals surface area (Å²) in [6.45, 7) is 4.64. The maximum Gasteiger partial charge on any atom is 0.316 e. The summed E-state index contributed by atoms with van der Waals surface area (Å²) >= 11 is 0. The van der Waals surface area contributed by atoms with Gasteiger partial charge >= 0.3 is 5.97 Å². The molecule has 1 atom stereocenters. The van der Waals surface area contributed by atoms with Crippen LogP contribution in [0.4, 0.5) is 5.69 Å². The van der Waals surface area contributed by atoms with E-state index < -0.39 is 5.92 Å². The lowest BCUT2D eigenvalue weighted by Gasteiger charge is -2.26. The number of anilines is 1. The Morgan fingerprint density at radius 3 is 2.09 bits per heavy atom. The first kappa shape index (κ1) is 21.6. The van der Waals surface area contributed by atoms with Gasteiger partial charge in [-0.3, -0.25) is 9.59 Å². The highest BCUT2D eigenvalue weighted by molar-refractivity contribution is 5.99. The minimum Gasteiger partial charge on any atom is -0.497 e. The van der Waals surface area contributed by atoms with E-state index in [4.69, 9.17) is 9.47 Å². The number of amides is 1. The van der Waals surface area contributed by atoms with Crippen molar-refractivity contribution in [2.75, 3.05) is 18.6 Å². The molecule has 0 aliphatic carbocycles. The van der Waals surface area contributed by atoms with Crippen molar-refractivity contribution in [3.05, 3.63) is 90.0 Å². The number of hydrogen-bond acceptors (Lipinski definition) is 4. The predicted octanol–water partition coefficient (Wildman–Crippen LogP) is 4.98. The maximum atomic E-state index is 12.7. The van der Waals surface area contributed by atoms with E-state index in [0.29, 0.717) is 12.3 Å². The van der Waals surface area contributed by atoms with Crippen LogP contribution in [0.2, 0.25) is 0 Å². The second-order valence-corrected chi connectivity index (χ2v) is 8.54. The molecule has 1 amide bonds. The standard InChI is InChI=1S/C27H27NO4/c1-27(2,20-7-5-4-6-8-20)21-9-13-24(14-10-21)32-26(30)19-17-25(29)28(18-19)22-11-15-23(31-3)16-12-22/h4-16,19H,17-18H2,1-3H3/t19-/m0/s1. The number of hydrogen-bond donors (Lipinski definition) is 0. The van der Waals surface area contributed by atoms with Gasteiger partial charge in [0.2, 0.25) is 5.91 Å². The Bertz CT molecular complexity index is 1090. The van der Waals surface area contributed by atoms with Crippen LogP contribution in [0.25, 0.3) is 0 Å². The molecule has 4 rings (SSSR count). The Balaban J connectivity index is 1.41. The summed E-state index contributed by atoms with van der Waals surface area (Å²) in [4.78, 5) is 26.8. The second kappa shape index (κ2) is 8.87. The highest BCUT2D eigenvalue weighted by atomic mass is 16.5. The van der Waals surface area contributed by atoms with Crippen molar-refractivity contribution >= 4 is 17.6 Å². The molecule has 0 N–H and O–H groups in total. The quantitative estimate of drug-likeness (QED) is 0.410. The smallest absolute Gasteiger partial charge is 0.316 e. The molecule has 0 bridgehead atoms. The van der Waals surface area contributed by atoms with E-state index in [2.05, 4.69) is 26.0 Å². The van der Waals surface area contributed by atoms with Crippen molar-refractivity contribution in [2.24, 2.45) is 5.92 Å². The topological polar surface area (TPSA) is 55.8 Å². The van der Waals surface area contributed by atoms with Crippen molar-refractivity contribution in [3.63, 3.8) is 0 Å². The largest absolute Gasteiger partial charge is 0.497 e. The van der Waals surface area contributed by atoms with Gasteiger partial charge in [-0.05, 0) is 47.5 Å². The van der Waals surface area contributed by atoms with Crippen LogP contribution in [0.15, 0.2) is 78.9 Å². The summed E-state index contributed by atoms with van der Waals surface area (Å²) in [6, 6.07) is 25.1. The molecule has 3 aromatic carbocycles. The zero-order valence-electron chi connectivity index (χ0n) is 18.6. The normalized spacial score (nSPS) is 16.2. The molecule has 1 aliphatic rings. The minimum absolute atomic E-state index is 0.0860. The zero-order chi connectivity index (χ0) is 22.7. The average molecular weight is 430 g/mol. The number of methoxy groups -OCH3 is 1. The third-order valence-corrected chi connectivity index (χ3v) is 6.13. The van der Waals surface area contributed by atoms with Gasteiger partial charge in [0.15, 0.2) is 0 Å². The number of carbonyl (C=O) groups is 2. The molecule has 3 aromatic rings. The molecule has 32 heavy (non-hydrogen) atoms. The van der Waals surface area contributed by atoms with Gasteiger partial charge in [0, 0.05) is 24.1 Å². The van der Waals surface area contributed by atoms with E-state index in [-0.39, 0.29) is 23.7 Å². The van der Waals surface area contributed by atoms with Crippen LogP contribution in [-0.2, 0) is 15.0 Å². The number of esters is 1. The van der Waals surface area contributed by atoms with Crippen LogP contribution >= 0.6 is 0 Å². The first-order valence-corrected chi connectivity index (χ1v) is 10.7. The highest BCUT2D eigenvalue weighted by Crippen LogP contribution is 2.33. The minimum atomic E-state index is -0.495. The molecule has 0 unspecified atom stereocenters. The Morgan fingerprint density at radius 1 is 0.875 bits per heavy atom. The summed E-state index contributed by atoms with van der Waals surface area (Å²) in [7, 11) is 1.59. The Labute approximate surface area is 188 Å². The van der Waals surface area contributed by atoms with E-state index in [1.54, 1.807) is 24.1 Å². The summed E-state index contributed by atoms with van der Waals surface area (Å²) in [5.74, 6) is 0.236. The average Bonchev–Trinajstić information content (AvgIpc) is 3.22. The first-order chi connectivity index (χ1) is 15.4. The van der Waals surface area contributed by atoms with Crippen molar-refractivity contribution < 1.29 is 19.1 Å². The molecule has 5 nitrogen and oxygen atoms in total. The lowest BCUT2D eigenvalue weighted by atomic mass is 9.78. The van der Waals surface area contributed by atoms with Crippen LogP contribution in [-0.4, -0.2) is 25.5 Å². The fraction of sp³-hybridized carbons (Fsp3) is 0.259. The summed E-state index contributed by atoms with van der Waals surface area (Å²) in [5, 5.41) is 0. The van der Waals surface area contributed by atoms with Gasteiger partial charge in [0.05, 0.1) is 13.0 Å². The number of benzene rings is 3. The number of nitrogens with zero attached hydrogens (tertiary/aromatic N) is 1. The third kappa shape index (κ3) is 4.37. The molecule has 5 heteroatoms. The van der Waals surface area contributed by atoms with Crippen LogP contribution < -0.4 is 14.4 Å². The molecular weight excluding hydrogens is 402 g/mol. The van der Waals surface area contributed by atoms with E-state index in [1.807, 2.05) is 54.6 Å². The Kier molecular flexibility index (Phi) is 5.99. The fourth-order valence-electron chi connectivity index (χ4n) is 4.04. The molecule has 0 radical (unpaired) electrons. The van der Waals surface area contributed by atoms with Gasteiger partial charge in [-0.15, -0.1) is 0 Å². The van der Waals surface area contributed by atoms with Crippen molar-refractivity contribution in [3.8, 4) is 11.5 Å². The van der Waals surface area contributed by atoms with Gasteiger partial charge in [-0.1, -0.05) is 56.3 Å². The maximum absolute atomic E-state index is 12.7. The molecule has 1 saturated heterocycles. The molecule has 1 aliphatic heterocycles. The van der Waals surface area contributed by atoms with Gasteiger partial charge in [-0.2, -0.15) is 0 Å². The first-order valence-electron chi connectivity index (χ1n) is 10.7. The summed E-state index contributed by atoms with van der Waals surface area (Å²) < 4.78 is 10.8. The Morgan fingerprint density at radius 2 is 1.47 bits per heavy atom. The zero-order valence-corrected chi connectivity index (χ0v) is 18.6. The van der Waals surface area contributed by atoms with Gasteiger partial charge in [0.25, 0.3) is 0 Å². The van der Waals surface area contributed by atoms with Gasteiger partial charge < -0.3 is 14.4 Å². The Hall–Kier alpha value is -3.60.